The third-order valence-corrected chi connectivity index (χ3v) is 41.8. The topological polar surface area (TPSA) is 9.72 Å². The maximum absolute atomic E-state index is 2.94. The predicted octanol–water partition coefficient (Wildman–Crippen LogP) is 4.44. The van der Waals surface area contributed by atoms with Gasteiger partial charge in [0.2, 0.25) is 0 Å². The molecule has 1 aliphatic rings. The Morgan fingerprint density at radius 1 is 0.682 bits per heavy atom. The number of nitrogens with zero attached hydrogens (tertiary/aromatic N) is 3. The summed E-state index contributed by atoms with van der Waals surface area (Å²) in [4.78, 5) is 0. The van der Waals surface area contributed by atoms with Crippen LogP contribution < -0.4 is 0 Å². The zero-order valence-corrected chi connectivity index (χ0v) is 19.5. The second-order valence-electron chi connectivity index (χ2n) is 6.45. The van der Waals surface area contributed by atoms with Gasteiger partial charge in [-0.3, -0.25) is 9.35 Å². The second kappa shape index (κ2) is 8.58. The molecule has 0 spiro atoms. The number of rotatable bonds is 8. The first-order valence-electron chi connectivity index (χ1n) is 9.72. The van der Waals surface area contributed by atoms with Crippen molar-refractivity contribution in [1.29, 1.82) is 0 Å². The van der Waals surface area contributed by atoms with E-state index in [4.69, 9.17) is 0 Å². The highest BCUT2D eigenvalue weighted by Gasteiger charge is 2.64. The Hall–Kier alpha value is 0.531. The highest BCUT2D eigenvalue weighted by atomic mass is 29.6. The molecular formula is C16H40N3Si3. The number of hydrazine groups is 2. The Balaban J connectivity index is 3.59. The Morgan fingerprint density at radius 2 is 1.23 bits per heavy atom. The molecule has 131 valence electrons. The van der Waals surface area contributed by atoms with E-state index in [1.807, 2.05) is 0 Å². The molecule has 1 fully saturated rings. The molecule has 0 unspecified atom stereocenters. The molecule has 0 amide bonds. The number of hydrogen-bond donors (Lipinski definition) is 0. The van der Waals surface area contributed by atoms with Gasteiger partial charge in [-0.25, -0.2) is 0 Å². The fraction of sp³-hybridized carbons (Fsp3) is 1.00. The molecule has 1 rings (SSSR count). The average Bonchev–Trinajstić information content (AvgIpc) is 2.58. The molecule has 0 aliphatic carbocycles. The Kier molecular flexibility index (Phi) is 8.02. The third kappa shape index (κ3) is 2.73. The van der Waals surface area contributed by atoms with Crippen LogP contribution in [0.2, 0.25) is 30.2 Å². The Labute approximate surface area is 143 Å². The molecule has 0 N–H and O–H groups in total. The Bertz CT molecular complexity index is 301. The third-order valence-electron chi connectivity index (χ3n) is 6.40. The highest BCUT2D eigenvalue weighted by Crippen LogP contribution is 2.44. The van der Waals surface area contributed by atoms with Gasteiger partial charge in [0, 0.05) is 19.6 Å². The molecule has 1 aliphatic heterocycles. The van der Waals surface area contributed by atoms with E-state index in [-0.39, 0.29) is 0 Å². The minimum absolute atomic E-state index is 0.390. The molecule has 1 heterocycles. The summed E-state index contributed by atoms with van der Waals surface area (Å²) in [6.45, 7) is 23.4. The van der Waals surface area contributed by atoms with E-state index in [1.165, 1.54) is 43.3 Å². The first kappa shape index (κ1) is 20.6. The maximum Gasteiger partial charge on any atom is 0.145 e. The lowest BCUT2D eigenvalue weighted by molar-refractivity contribution is -0.0888. The van der Waals surface area contributed by atoms with Gasteiger partial charge in [-0.1, -0.05) is 60.6 Å². The fourth-order valence-corrected chi connectivity index (χ4v) is 46.3. The van der Waals surface area contributed by atoms with Gasteiger partial charge in [-0.05, 0) is 25.1 Å². The summed E-state index contributed by atoms with van der Waals surface area (Å²) in [6.07, 6.45) is 0. The first-order chi connectivity index (χ1) is 10.5. The van der Waals surface area contributed by atoms with Crippen molar-refractivity contribution < 1.29 is 0 Å². The summed E-state index contributed by atoms with van der Waals surface area (Å²) in [6, 6.07) is 7.41. The van der Waals surface area contributed by atoms with E-state index in [9.17, 15) is 0 Å². The summed E-state index contributed by atoms with van der Waals surface area (Å²) in [5, 5.41) is 2.72. The van der Waals surface area contributed by atoms with Gasteiger partial charge in [0.05, 0.1) is 7.11 Å². The van der Waals surface area contributed by atoms with E-state index in [0.717, 1.165) is 6.54 Å². The molecule has 0 aromatic heterocycles. The van der Waals surface area contributed by atoms with Crippen molar-refractivity contribution in [2.45, 2.75) is 85.6 Å². The first-order valence-corrected chi connectivity index (χ1v) is 18.2. The van der Waals surface area contributed by atoms with Crippen LogP contribution in [0.4, 0.5) is 0 Å². The fourth-order valence-electron chi connectivity index (χ4n) is 5.54. The zero-order valence-electron chi connectivity index (χ0n) is 16.5. The summed E-state index contributed by atoms with van der Waals surface area (Å²) in [5.41, 5.74) is 0. The van der Waals surface area contributed by atoms with Crippen molar-refractivity contribution in [3.05, 3.63) is 0 Å². The van der Waals surface area contributed by atoms with Crippen molar-refractivity contribution in [2.24, 2.45) is 0 Å². The molecule has 0 bridgehead atoms. The molecule has 0 aromatic rings. The van der Waals surface area contributed by atoms with E-state index in [2.05, 4.69) is 69.9 Å². The molecule has 0 atom stereocenters. The van der Waals surface area contributed by atoms with Crippen LogP contribution in [0.3, 0.4) is 0 Å². The van der Waals surface area contributed by atoms with Gasteiger partial charge in [-0.15, -0.1) is 0 Å². The van der Waals surface area contributed by atoms with Crippen LogP contribution in [0.5, 0.6) is 0 Å². The smallest absolute Gasteiger partial charge is 0.145 e. The van der Waals surface area contributed by atoms with Crippen molar-refractivity contribution in [1.82, 2.24) is 14.5 Å². The standard InChI is InChI=1S/C16H40N3Si3/c1-9-17-18(10-2)20(12-4)22(15-7,16-8)21(13-5,14-6)19(17)11-3/h9-16H2,1-8H3. The lowest BCUT2D eigenvalue weighted by Gasteiger charge is -2.66. The van der Waals surface area contributed by atoms with Crippen molar-refractivity contribution in [2.75, 3.05) is 19.6 Å². The van der Waals surface area contributed by atoms with Crippen LogP contribution in [0.1, 0.15) is 55.4 Å². The summed E-state index contributed by atoms with van der Waals surface area (Å²) < 4.78 is 5.81. The summed E-state index contributed by atoms with van der Waals surface area (Å²) >= 11 is 0. The predicted molar refractivity (Wildman–Crippen MR) is 107 cm³/mol. The minimum Gasteiger partial charge on any atom is -0.255 e. The summed E-state index contributed by atoms with van der Waals surface area (Å²) in [5.74, 6) is 0. The Morgan fingerprint density at radius 3 is 1.50 bits per heavy atom. The van der Waals surface area contributed by atoms with E-state index >= 15 is 0 Å². The molecule has 0 aromatic carbocycles. The zero-order chi connectivity index (χ0) is 17.0. The molecule has 0 saturated carbocycles. The van der Waals surface area contributed by atoms with Gasteiger partial charge >= 0.3 is 0 Å². The second-order valence-corrected chi connectivity index (χ2v) is 27.9. The molecule has 1 saturated heterocycles. The largest absolute Gasteiger partial charge is 0.255 e. The monoisotopic (exact) mass is 358 g/mol. The summed E-state index contributed by atoms with van der Waals surface area (Å²) in [7, 11) is -2.97. The van der Waals surface area contributed by atoms with Crippen LogP contribution in [0.25, 0.3) is 0 Å². The van der Waals surface area contributed by atoms with Crippen molar-refractivity contribution in [3.63, 3.8) is 0 Å². The van der Waals surface area contributed by atoms with Crippen LogP contribution >= 0.6 is 0 Å². The van der Waals surface area contributed by atoms with Gasteiger partial charge in [0.25, 0.3) is 0 Å². The normalized spacial score (nSPS) is 24.0. The molecule has 6 heteroatoms. The van der Waals surface area contributed by atoms with E-state index in [1.54, 1.807) is 0 Å². The van der Waals surface area contributed by atoms with E-state index in [0.29, 0.717) is 0 Å². The van der Waals surface area contributed by atoms with Gasteiger partial charge in [0.1, 0.15) is 16.2 Å². The SMILES string of the molecule is CCN1N(CC)[Si](CC)[Si](CC)(CC)[Si](CC)(CC)N1CC. The van der Waals surface area contributed by atoms with Crippen LogP contribution in [-0.4, -0.2) is 57.4 Å². The van der Waals surface area contributed by atoms with Crippen molar-refractivity contribution >= 4 is 23.3 Å². The maximum atomic E-state index is 2.94. The van der Waals surface area contributed by atoms with Crippen LogP contribution in [0.15, 0.2) is 0 Å². The highest BCUT2D eigenvalue weighted by molar-refractivity contribution is 7.64. The lowest BCUT2D eigenvalue weighted by atomic mass is 10.7. The van der Waals surface area contributed by atoms with Crippen LogP contribution in [-0.2, 0) is 0 Å². The quantitative estimate of drug-likeness (QED) is 0.594. The molecule has 22 heavy (non-hydrogen) atoms. The molecule has 1 radical (unpaired) electrons. The number of hydrogen-bond acceptors (Lipinski definition) is 3. The van der Waals surface area contributed by atoms with Gasteiger partial charge in [0.15, 0.2) is 0 Å². The molecule has 3 nitrogen and oxygen atoms in total. The van der Waals surface area contributed by atoms with E-state index < -0.39 is 23.3 Å². The minimum atomic E-state index is -1.36. The lowest BCUT2D eigenvalue weighted by Crippen LogP contribution is -2.89. The van der Waals surface area contributed by atoms with Crippen molar-refractivity contribution in [3.8, 4) is 0 Å². The van der Waals surface area contributed by atoms with Gasteiger partial charge in [-0.2, -0.15) is 5.12 Å². The molecular weight excluding hydrogens is 318 g/mol. The van der Waals surface area contributed by atoms with Gasteiger partial charge < -0.3 is 0 Å². The average molecular weight is 359 g/mol. The van der Waals surface area contributed by atoms with Crippen LogP contribution in [0, 0.1) is 0 Å².